The minimum Gasteiger partial charge on any atom is -0.336 e. The number of hydrogen-bond acceptors (Lipinski definition) is 4. The van der Waals surface area contributed by atoms with Crippen molar-refractivity contribution in [3.63, 3.8) is 0 Å². The Hall–Kier alpha value is -2.44. The smallest absolute Gasteiger partial charge is 0.253 e. The Morgan fingerprint density at radius 3 is 2.19 bits per heavy atom. The summed E-state index contributed by atoms with van der Waals surface area (Å²) in [6, 6.07) is 16.4. The van der Waals surface area contributed by atoms with Crippen molar-refractivity contribution in [1.29, 1.82) is 0 Å². The maximum absolute atomic E-state index is 12.6. The highest BCUT2D eigenvalue weighted by molar-refractivity contribution is 7.90. The van der Waals surface area contributed by atoms with Crippen molar-refractivity contribution < 1.29 is 13.2 Å². The van der Waals surface area contributed by atoms with Crippen LogP contribution in [0.1, 0.15) is 15.9 Å². The van der Waals surface area contributed by atoms with Crippen LogP contribution in [0.3, 0.4) is 0 Å². The van der Waals surface area contributed by atoms with E-state index >= 15 is 0 Å². The largest absolute Gasteiger partial charge is 0.336 e. The SMILES string of the molecule is CS(=O)(=O)c1ccc(C(=O)N2CCN(C/C=C/c3ccccc3)CC2)cc1. The van der Waals surface area contributed by atoms with Gasteiger partial charge in [-0.3, -0.25) is 9.69 Å². The van der Waals surface area contributed by atoms with Crippen molar-refractivity contribution >= 4 is 21.8 Å². The molecule has 1 saturated heterocycles. The number of hydrogen-bond donors (Lipinski definition) is 0. The molecule has 0 aromatic heterocycles. The summed E-state index contributed by atoms with van der Waals surface area (Å²) in [7, 11) is -3.24. The molecule has 1 fully saturated rings. The summed E-state index contributed by atoms with van der Waals surface area (Å²) in [5, 5.41) is 0. The highest BCUT2D eigenvalue weighted by Crippen LogP contribution is 2.13. The summed E-state index contributed by atoms with van der Waals surface area (Å²) in [4.78, 5) is 17.0. The Bertz CT molecular complexity index is 898. The molecule has 2 aromatic rings. The summed E-state index contributed by atoms with van der Waals surface area (Å²) < 4.78 is 23.0. The number of nitrogens with zero attached hydrogens (tertiary/aromatic N) is 2. The Labute approximate surface area is 160 Å². The van der Waals surface area contributed by atoms with Gasteiger partial charge in [0.2, 0.25) is 0 Å². The van der Waals surface area contributed by atoms with Crippen molar-refractivity contribution in [1.82, 2.24) is 9.80 Å². The van der Waals surface area contributed by atoms with Crippen LogP contribution in [0.25, 0.3) is 6.08 Å². The van der Waals surface area contributed by atoms with Gasteiger partial charge in [-0.25, -0.2) is 8.42 Å². The summed E-state index contributed by atoms with van der Waals surface area (Å²) in [6.45, 7) is 3.86. The fraction of sp³-hybridized carbons (Fsp3) is 0.286. The van der Waals surface area contributed by atoms with Crippen LogP contribution in [0.15, 0.2) is 65.6 Å². The molecule has 0 radical (unpaired) electrons. The van der Waals surface area contributed by atoms with Crippen LogP contribution in [0.2, 0.25) is 0 Å². The third-order valence-electron chi connectivity index (χ3n) is 4.66. The lowest BCUT2D eigenvalue weighted by molar-refractivity contribution is 0.0650. The van der Waals surface area contributed by atoms with Gasteiger partial charge >= 0.3 is 0 Å². The van der Waals surface area contributed by atoms with Crippen molar-refractivity contribution in [3.8, 4) is 0 Å². The number of piperazine rings is 1. The van der Waals surface area contributed by atoms with Gasteiger partial charge in [0.15, 0.2) is 9.84 Å². The van der Waals surface area contributed by atoms with Crippen molar-refractivity contribution in [2.75, 3.05) is 39.0 Å². The second-order valence-corrected chi connectivity index (χ2v) is 8.72. The first-order chi connectivity index (χ1) is 12.9. The van der Waals surface area contributed by atoms with E-state index in [0.29, 0.717) is 18.7 Å². The summed E-state index contributed by atoms with van der Waals surface area (Å²) in [6.07, 6.45) is 5.42. The number of benzene rings is 2. The zero-order valence-corrected chi connectivity index (χ0v) is 16.2. The molecule has 0 aliphatic carbocycles. The van der Waals surface area contributed by atoms with E-state index in [0.717, 1.165) is 25.9 Å². The van der Waals surface area contributed by atoms with Crippen molar-refractivity contribution in [2.45, 2.75) is 4.90 Å². The zero-order valence-electron chi connectivity index (χ0n) is 15.4. The first-order valence-electron chi connectivity index (χ1n) is 8.97. The Kier molecular flexibility index (Phi) is 6.08. The van der Waals surface area contributed by atoms with Gasteiger partial charge in [0.05, 0.1) is 4.90 Å². The topological polar surface area (TPSA) is 57.7 Å². The van der Waals surface area contributed by atoms with Gasteiger partial charge in [-0.1, -0.05) is 42.5 Å². The monoisotopic (exact) mass is 384 g/mol. The number of carbonyl (C=O) groups excluding carboxylic acids is 1. The summed E-state index contributed by atoms with van der Waals surface area (Å²) in [5.74, 6) is -0.0467. The molecule has 3 rings (SSSR count). The quantitative estimate of drug-likeness (QED) is 0.795. The van der Waals surface area contributed by atoms with E-state index in [1.54, 1.807) is 12.1 Å². The lowest BCUT2D eigenvalue weighted by Crippen LogP contribution is -2.48. The normalized spacial score (nSPS) is 16.0. The number of sulfone groups is 1. The molecule has 1 amide bonds. The predicted octanol–water partition coefficient (Wildman–Crippen LogP) is 2.56. The molecule has 0 saturated carbocycles. The standard InChI is InChI=1S/C21H24N2O3S/c1-27(25,26)20-11-9-19(10-12-20)21(24)23-16-14-22(15-17-23)13-5-8-18-6-3-2-4-7-18/h2-12H,13-17H2,1H3/b8-5+. The second-order valence-electron chi connectivity index (χ2n) is 6.70. The van der Waals surface area contributed by atoms with Gasteiger partial charge in [-0.15, -0.1) is 0 Å². The molecule has 5 nitrogen and oxygen atoms in total. The molecule has 1 aliphatic rings. The summed E-state index contributed by atoms with van der Waals surface area (Å²) in [5.41, 5.74) is 1.71. The average molecular weight is 385 g/mol. The van der Waals surface area contributed by atoms with Gasteiger partial charge in [-0.05, 0) is 29.8 Å². The maximum atomic E-state index is 12.6. The van der Waals surface area contributed by atoms with Gasteiger partial charge in [-0.2, -0.15) is 0 Å². The predicted molar refractivity (Wildman–Crippen MR) is 107 cm³/mol. The number of rotatable bonds is 5. The van der Waals surface area contributed by atoms with Crippen LogP contribution in [-0.2, 0) is 9.84 Å². The van der Waals surface area contributed by atoms with Crippen LogP contribution < -0.4 is 0 Å². The van der Waals surface area contributed by atoms with E-state index in [9.17, 15) is 13.2 Å². The van der Waals surface area contributed by atoms with Crippen LogP contribution in [0, 0.1) is 0 Å². The molecule has 27 heavy (non-hydrogen) atoms. The van der Waals surface area contributed by atoms with E-state index in [1.165, 1.54) is 17.7 Å². The van der Waals surface area contributed by atoms with E-state index in [4.69, 9.17) is 0 Å². The first-order valence-corrected chi connectivity index (χ1v) is 10.9. The lowest BCUT2D eigenvalue weighted by atomic mass is 10.2. The highest BCUT2D eigenvalue weighted by atomic mass is 32.2. The molecule has 0 unspecified atom stereocenters. The number of amides is 1. The Morgan fingerprint density at radius 2 is 1.59 bits per heavy atom. The van der Waals surface area contributed by atoms with Crippen LogP contribution in [-0.4, -0.2) is 63.1 Å². The van der Waals surface area contributed by atoms with E-state index in [2.05, 4.69) is 29.2 Å². The molecule has 1 heterocycles. The molecule has 142 valence electrons. The van der Waals surface area contributed by atoms with Crippen LogP contribution >= 0.6 is 0 Å². The third kappa shape index (κ3) is 5.28. The molecule has 0 spiro atoms. The van der Waals surface area contributed by atoms with Gasteiger partial charge < -0.3 is 4.90 Å². The second kappa shape index (κ2) is 8.50. The average Bonchev–Trinajstić information content (AvgIpc) is 2.68. The summed E-state index contributed by atoms with van der Waals surface area (Å²) >= 11 is 0. The maximum Gasteiger partial charge on any atom is 0.253 e. The van der Waals surface area contributed by atoms with Crippen LogP contribution in [0.5, 0.6) is 0 Å². The Balaban J connectivity index is 1.51. The molecular formula is C21H24N2O3S. The van der Waals surface area contributed by atoms with E-state index in [-0.39, 0.29) is 10.8 Å². The fourth-order valence-corrected chi connectivity index (χ4v) is 3.69. The molecule has 6 heteroatoms. The van der Waals surface area contributed by atoms with Crippen molar-refractivity contribution in [3.05, 3.63) is 71.8 Å². The molecule has 0 atom stereocenters. The molecule has 0 bridgehead atoms. The van der Waals surface area contributed by atoms with E-state index in [1.807, 2.05) is 23.1 Å². The molecular weight excluding hydrogens is 360 g/mol. The zero-order chi connectivity index (χ0) is 19.3. The lowest BCUT2D eigenvalue weighted by Gasteiger charge is -2.34. The number of carbonyl (C=O) groups is 1. The van der Waals surface area contributed by atoms with Gasteiger partial charge in [0, 0.05) is 44.5 Å². The fourth-order valence-electron chi connectivity index (χ4n) is 3.06. The van der Waals surface area contributed by atoms with Crippen molar-refractivity contribution in [2.24, 2.45) is 0 Å². The Morgan fingerprint density at radius 1 is 0.963 bits per heavy atom. The molecule has 0 N–H and O–H groups in total. The van der Waals surface area contributed by atoms with Crippen LogP contribution in [0.4, 0.5) is 0 Å². The molecule has 2 aromatic carbocycles. The minimum atomic E-state index is -3.24. The highest BCUT2D eigenvalue weighted by Gasteiger charge is 2.21. The first kappa shape index (κ1) is 19.3. The van der Waals surface area contributed by atoms with Gasteiger partial charge in [0.1, 0.15) is 0 Å². The molecule has 1 aliphatic heterocycles. The third-order valence-corrected chi connectivity index (χ3v) is 5.79. The van der Waals surface area contributed by atoms with E-state index < -0.39 is 9.84 Å². The minimum absolute atomic E-state index is 0.0467. The van der Waals surface area contributed by atoms with Gasteiger partial charge in [0.25, 0.3) is 5.91 Å².